The van der Waals surface area contributed by atoms with Crippen molar-refractivity contribution in [2.75, 3.05) is 50.5 Å². The minimum Gasteiger partial charge on any atom is -0.370 e. The highest BCUT2D eigenvalue weighted by Crippen LogP contribution is 2.38. The number of hydrogen-bond acceptors (Lipinski definition) is 10. The number of fused-ring (bicyclic) bond motifs is 1. The topological polar surface area (TPSA) is 126 Å². The number of amides is 3. The number of alkyl halides is 1. The number of nitrogens with zero attached hydrogens (tertiary/aromatic N) is 6. The third-order valence-corrected chi connectivity index (χ3v) is 12.6. The second-order valence-corrected chi connectivity index (χ2v) is 16.5. The summed E-state index contributed by atoms with van der Waals surface area (Å²) in [5, 5.41) is 8.82. The molecule has 4 aliphatic heterocycles. The Morgan fingerprint density at radius 3 is 2.41 bits per heavy atom. The number of guanidine groups is 1. The van der Waals surface area contributed by atoms with E-state index in [2.05, 4.69) is 67.9 Å². The summed E-state index contributed by atoms with van der Waals surface area (Å²) in [6, 6.07) is 13.2. The summed E-state index contributed by atoms with van der Waals surface area (Å²) in [7, 11) is 3.59. The Morgan fingerprint density at radius 2 is 1.75 bits per heavy atom. The van der Waals surface area contributed by atoms with Gasteiger partial charge in [0.1, 0.15) is 17.2 Å². The number of carbonyl (C=O) groups excluding carboxylic acids is 3. The quantitative estimate of drug-likeness (QED) is 0.228. The van der Waals surface area contributed by atoms with Crippen molar-refractivity contribution in [1.82, 2.24) is 30.3 Å². The second-order valence-electron chi connectivity index (χ2n) is 16.5. The van der Waals surface area contributed by atoms with Crippen LogP contribution in [-0.4, -0.2) is 108 Å². The number of likely N-dealkylation sites (tertiary alicyclic amines) is 1. The van der Waals surface area contributed by atoms with Crippen LogP contribution in [0.3, 0.4) is 0 Å². The van der Waals surface area contributed by atoms with Crippen LogP contribution in [0.4, 0.5) is 15.9 Å². The lowest BCUT2D eigenvalue weighted by atomic mass is 9.86. The smallest absolute Gasteiger partial charge is 0.269 e. The van der Waals surface area contributed by atoms with Crippen molar-refractivity contribution >= 4 is 35.7 Å². The standard InChI is InChI=1S/C43H58FN9O3/c1-30(8-15-39(55)47-29-54)32-11-9-31(10-12-32)16-19-43(44)20-24-52(25-21-43)34-17-22-51(23-18-34)36-13-14-38(45-28-36)48-42-46-27-33-26-37(41(56)50(2)3)53(40(33)49-42)35-6-4-5-7-35/h9-14,26-30,34-35,40H,4-8,15-25H2,1-3H3,(H,47,54,55)(H2,45,46,48,49). The van der Waals surface area contributed by atoms with E-state index in [1.807, 2.05) is 24.5 Å². The molecule has 2 unspecified atom stereocenters. The van der Waals surface area contributed by atoms with Crippen molar-refractivity contribution in [2.24, 2.45) is 4.99 Å². The molecular formula is C43H58FN9O3. The van der Waals surface area contributed by atoms with E-state index in [4.69, 9.17) is 9.98 Å². The lowest BCUT2D eigenvalue weighted by Gasteiger charge is -2.44. The molecule has 3 N–H and O–H groups in total. The number of nitrogens with one attached hydrogen (secondary N) is 3. The van der Waals surface area contributed by atoms with Gasteiger partial charge in [0.2, 0.25) is 18.3 Å². The fourth-order valence-electron chi connectivity index (χ4n) is 9.04. The molecule has 1 aliphatic carbocycles. The summed E-state index contributed by atoms with van der Waals surface area (Å²) in [5.41, 5.74) is 3.96. The van der Waals surface area contributed by atoms with Gasteiger partial charge < -0.3 is 30.2 Å². The van der Waals surface area contributed by atoms with Crippen LogP contribution in [0.1, 0.15) is 94.6 Å². The Hall–Kier alpha value is -4.78. The third kappa shape index (κ3) is 9.25. The first-order valence-electron chi connectivity index (χ1n) is 20.6. The van der Waals surface area contributed by atoms with E-state index < -0.39 is 5.67 Å². The first kappa shape index (κ1) is 39.5. The molecule has 7 rings (SSSR count). The Balaban J connectivity index is 0.845. The minimum absolute atomic E-state index is 0.00753. The molecule has 5 heterocycles. The van der Waals surface area contributed by atoms with Gasteiger partial charge in [-0.1, -0.05) is 44.0 Å². The Kier molecular flexibility index (Phi) is 12.4. The van der Waals surface area contributed by atoms with E-state index in [0.29, 0.717) is 74.5 Å². The van der Waals surface area contributed by atoms with E-state index >= 15 is 4.39 Å². The van der Waals surface area contributed by atoms with Crippen LogP contribution in [-0.2, 0) is 20.8 Å². The molecular weight excluding hydrogens is 710 g/mol. The van der Waals surface area contributed by atoms with Crippen molar-refractivity contribution in [3.05, 3.63) is 77.3 Å². The summed E-state index contributed by atoms with van der Waals surface area (Å²) in [4.78, 5) is 53.7. The van der Waals surface area contributed by atoms with Crippen LogP contribution >= 0.6 is 0 Å². The molecule has 3 amide bonds. The van der Waals surface area contributed by atoms with E-state index in [9.17, 15) is 14.4 Å². The molecule has 2 atom stereocenters. The number of piperidine rings is 2. The number of benzene rings is 1. The van der Waals surface area contributed by atoms with Crippen LogP contribution in [0.2, 0.25) is 0 Å². The largest absolute Gasteiger partial charge is 0.370 e. The molecule has 1 aromatic carbocycles. The molecule has 5 aliphatic rings. The van der Waals surface area contributed by atoms with Gasteiger partial charge in [0.05, 0.1) is 11.9 Å². The van der Waals surface area contributed by atoms with Gasteiger partial charge in [0.15, 0.2) is 6.17 Å². The number of pyridine rings is 1. The lowest BCUT2D eigenvalue weighted by Crippen LogP contribution is -2.50. The average molecular weight is 768 g/mol. The van der Waals surface area contributed by atoms with Crippen molar-refractivity contribution < 1.29 is 18.8 Å². The number of aromatic nitrogens is 1. The number of hydrogen-bond donors (Lipinski definition) is 3. The first-order chi connectivity index (χ1) is 27.1. The molecule has 13 heteroatoms. The van der Waals surface area contributed by atoms with Gasteiger partial charge in [-0.25, -0.2) is 14.4 Å². The fourth-order valence-corrected chi connectivity index (χ4v) is 9.04. The first-order valence-corrected chi connectivity index (χ1v) is 20.6. The molecule has 2 aromatic rings. The molecule has 300 valence electrons. The molecule has 0 radical (unpaired) electrons. The minimum atomic E-state index is -1.13. The number of anilines is 2. The number of rotatable bonds is 13. The van der Waals surface area contributed by atoms with Gasteiger partial charge in [-0.15, -0.1) is 0 Å². The normalized spacial score (nSPS) is 22.0. The summed E-state index contributed by atoms with van der Waals surface area (Å²) >= 11 is 0. The van der Waals surface area contributed by atoms with Crippen LogP contribution in [0.5, 0.6) is 0 Å². The molecule has 56 heavy (non-hydrogen) atoms. The predicted molar refractivity (Wildman–Crippen MR) is 218 cm³/mol. The maximum absolute atomic E-state index is 16.0. The van der Waals surface area contributed by atoms with Gasteiger partial charge in [-0.2, -0.15) is 0 Å². The summed E-state index contributed by atoms with van der Waals surface area (Å²) in [6.07, 6.45) is 16.0. The number of carbonyl (C=O) groups is 3. The van der Waals surface area contributed by atoms with E-state index in [1.54, 1.807) is 19.0 Å². The zero-order chi connectivity index (χ0) is 39.2. The van der Waals surface area contributed by atoms with E-state index in [1.165, 1.54) is 12.8 Å². The SMILES string of the molecule is CC(CCC(=O)NC=O)c1ccc(CCC2(F)CCN(C3CCN(c4ccc(NC5=NC6C(=CN5)C=C(C(=O)N(C)C)N6C5CCCC5)nc4)CC3)CC2)cc1. The van der Waals surface area contributed by atoms with Crippen LogP contribution < -0.4 is 20.9 Å². The predicted octanol–water partition coefficient (Wildman–Crippen LogP) is 5.46. The van der Waals surface area contributed by atoms with Crippen molar-refractivity contribution in [3.63, 3.8) is 0 Å². The molecule has 1 aromatic heterocycles. The molecule has 1 saturated carbocycles. The molecule has 0 bridgehead atoms. The van der Waals surface area contributed by atoms with Crippen LogP contribution in [0, 0.1) is 0 Å². The van der Waals surface area contributed by atoms with Crippen molar-refractivity contribution in [1.29, 1.82) is 0 Å². The number of likely N-dealkylation sites (N-methyl/N-ethyl adjacent to an activating group) is 1. The lowest BCUT2D eigenvalue weighted by molar-refractivity contribution is -0.127. The molecule has 12 nitrogen and oxygen atoms in total. The number of aliphatic imine (C=N–C) groups is 1. The van der Waals surface area contributed by atoms with Gasteiger partial charge in [-0.05, 0) is 93.0 Å². The van der Waals surface area contributed by atoms with Gasteiger partial charge in [0.25, 0.3) is 5.91 Å². The molecule has 0 spiro atoms. The Labute approximate surface area is 330 Å². The zero-order valence-electron chi connectivity index (χ0n) is 33.2. The van der Waals surface area contributed by atoms with Gasteiger partial charge in [-0.3, -0.25) is 19.7 Å². The highest BCUT2D eigenvalue weighted by atomic mass is 19.1. The summed E-state index contributed by atoms with van der Waals surface area (Å²) in [6.45, 7) is 5.56. The highest BCUT2D eigenvalue weighted by molar-refractivity contribution is 5.97. The van der Waals surface area contributed by atoms with Crippen molar-refractivity contribution in [3.8, 4) is 0 Å². The maximum atomic E-state index is 16.0. The van der Waals surface area contributed by atoms with Crippen molar-refractivity contribution in [2.45, 2.75) is 114 Å². The Morgan fingerprint density at radius 1 is 1.02 bits per heavy atom. The summed E-state index contributed by atoms with van der Waals surface area (Å²) < 4.78 is 16.0. The van der Waals surface area contributed by atoms with Gasteiger partial charge in [0, 0.05) is 70.6 Å². The summed E-state index contributed by atoms with van der Waals surface area (Å²) in [5.74, 6) is 1.28. The number of aryl methyl sites for hydroxylation is 1. The number of imide groups is 1. The van der Waals surface area contributed by atoms with E-state index in [0.717, 1.165) is 74.2 Å². The Bertz CT molecular complexity index is 1790. The van der Waals surface area contributed by atoms with Crippen LogP contribution in [0.25, 0.3) is 0 Å². The van der Waals surface area contributed by atoms with Crippen LogP contribution in [0.15, 0.2) is 71.1 Å². The third-order valence-electron chi connectivity index (χ3n) is 12.6. The number of halogens is 1. The molecule has 3 fully saturated rings. The average Bonchev–Trinajstić information content (AvgIpc) is 3.88. The highest BCUT2D eigenvalue weighted by Gasteiger charge is 2.41. The zero-order valence-corrected chi connectivity index (χ0v) is 33.2. The molecule has 2 saturated heterocycles. The monoisotopic (exact) mass is 767 g/mol. The van der Waals surface area contributed by atoms with Gasteiger partial charge >= 0.3 is 0 Å². The fraction of sp³-hybridized carbons (Fsp3) is 0.558. The second kappa shape index (κ2) is 17.6. The maximum Gasteiger partial charge on any atom is 0.269 e. The van der Waals surface area contributed by atoms with E-state index in [-0.39, 0.29) is 23.9 Å².